The number of aliphatic hydroxyl groups excluding tert-OH is 1. The number of aliphatic hydroxyl groups is 1. The van der Waals surface area contributed by atoms with E-state index in [1.54, 1.807) is 24.6 Å². The number of aryl methyl sites for hydroxylation is 1. The van der Waals surface area contributed by atoms with E-state index < -0.39 is 0 Å². The van der Waals surface area contributed by atoms with Crippen molar-refractivity contribution in [1.29, 1.82) is 0 Å². The second-order valence-electron chi connectivity index (χ2n) is 8.11. The molecule has 0 unspecified atom stereocenters. The van der Waals surface area contributed by atoms with Crippen molar-refractivity contribution < 1.29 is 9.84 Å². The molecule has 2 atom stereocenters. The molecular weight excluding hydrogens is 406 g/mol. The van der Waals surface area contributed by atoms with Gasteiger partial charge in [-0.15, -0.1) is 11.3 Å². The van der Waals surface area contributed by atoms with Crippen LogP contribution in [0, 0.1) is 23.7 Å². The first-order chi connectivity index (χ1) is 15.3. The molecule has 0 amide bonds. The lowest BCUT2D eigenvalue weighted by Gasteiger charge is -2.37. The Hall–Kier alpha value is -2.46. The van der Waals surface area contributed by atoms with Gasteiger partial charge in [0, 0.05) is 36.3 Å². The summed E-state index contributed by atoms with van der Waals surface area (Å²) in [5.41, 5.74) is 2.33. The van der Waals surface area contributed by atoms with Crippen LogP contribution < -0.4 is 4.74 Å². The number of hydrogen-bond acceptors (Lipinski definition) is 6. The highest BCUT2D eigenvalue weighted by Crippen LogP contribution is 2.29. The van der Waals surface area contributed by atoms with Crippen LogP contribution in [0.1, 0.15) is 29.8 Å². The molecule has 1 aliphatic rings. The van der Waals surface area contributed by atoms with Crippen molar-refractivity contribution in [1.82, 2.24) is 14.9 Å². The van der Waals surface area contributed by atoms with E-state index in [0.717, 1.165) is 61.6 Å². The second-order valence-corrected chi connectivity index (χ2v) is 9.01. The van der Waals surface area contributed by atoms with Gasteiger partial charge in [-0.3, -0.25) is 9.88 Å². The lowest BCUT2D eigenvalue weighted by Crippen LogP contribution is -2.42. The largest absolute Gasteiger partial charge is 0.497 e. The van der Waals surface area contributed by atoms with E-state index in [-0.39, 0.29) is 6.61 Å². The van der Waals surface area contributed by atoms with E-state index in [1.807, 2.05) is 23.7 Å². The number of methoxy groups -OCH3 is 1. The van der Waals surface area contributed by atoms with Crippen LogP contribution in [0.4, 0.5) is 0 Å². The number of pyridine rings is 1. The molecule has 1 aliphatic heterocycles. The molecule has 0 bridgehead atoms. The molecule has 2 aromatic heterocycles. The van der Waals surface area contributed by atoms with E-state index >= 15 is 0 Å². The van der Waals surface area contributed by atoms with Gasteiger partial charge in [0.15, 0.2) is 5.01 Å². The quantitative estimate of drug-likeness (QED) is 0.569. The molecule has 0 saturated carbocycles. The Balaban J connectivity index is 1.30. The maximum absolute atomic E-state index is 9.98. The van der Waals surface area contributed by atoms with E-state index in [4.69, 9.17) is 4.74 Å². The third-order valence-corrected chi connectivity index (χ3v) is 6.89. The molecule has 3 heterocycles. The first kappa shape index (κ1) is 21.8. The van der Waals surface area contributed by atoms with Gasteiger partial charge < -0.3 is 9.84 Å². The highest BCUT2D eigenvalue weighted by Gasteiger charge is 2.28. The summed E-state index contributed by atoms with van der Waals surface area (Å²) >= 11 is 1.57. The van der Waals surface area contributed by atoms with Crippen molar-refractivity contribution in [2.24, 2.45) is 11.8 Å². The van der Waals surface area contributed by atoms with Gasteiger partial charge in [-0.25, -0.2) is 4.98 Å². The van der Waals surface area contributed by atoms with Crippen LogP contribution in [-0.2, 0) is 6.42 Å². The molecule has 1 aromatic carbocycles. The third-order valence-electron chi connectivity index (χ3n) is 6.20. The lowest BCUT2D eigenvalue weighted by atomic mass is 9.82. The molecule has 1 fully saturated rings. The van der Waals surface area contributed by atoms with Gasteiger partial charge in [0.25, 0.3) is 0 Å². The zero-order chi connectivity index (χ0) is 21.5. The minimum absolute atomic E-state index is 0.246. The second kappa shape index (κ2) is 10.7. The normalized spacial score (nSPS) is 19.2. The summed E-state index contributed by atoms with van der Waals surface area (Å²) in [7, 11) is 1.70. The number of piperidine rings is 1. The molecule has 31 heavy (non-hydrogen) atoms. The first-order valence-electron chi connectivity index (χ1n) is 10.9. The first-order valence-corrected chi connectivity index (χ1v) is 11.8. The summed E-state index contributed by atoms with van der Waals surface area (Å²) in [5.74, 6) is 8.12. The number of benzene rings is 1. The maximum Gasteiger partial charge on any atom is 0.166 e. The summed E-state index contributed by atoms with van der Waals surface area (Å²) in [6.45, 7) is 2.95. The molecule has 4 rings (SSSR count). The number of thiazole rings is 1. The predicted molar refractivity (Wildman–Crippen MR) is 125 cm³/mol. The van der Waals surface area contributed by atoms with Crippen molar-refractivity contribution in [2.45, 2.75) is 25.7 Å². The molecular formula is C25H29N3O2S. The number of likely N-dealkylation sites (tertiary alicyclic amines) is 1. The van der Waals surface area contributed by atoms with Crippen LogP contribution in [0.3, 0.4) is 0 Å². The average molecular weight is 436 g/mol. The molecule has 0 spiro atoms. The van der Waals surface area contributed by atoms with Crippen LogP contribution in [-0.4, -0.2) is 53.3 Å². The fourth-order valence-electron chi connectivity index (χ4n) is 4.48. The van der Waals surface area contributed by atoms with E-state index in [1.165, 1.54) is 10.9 Å². The van der Waals surface area contributed by atoms with E-state index in [9.17, 15) is 5.11 Å². The Morgan fingerprint density at radius 3 is 2.97 bits per heavy atom. The van der Waals surface area contributed by atoms with Crippen molar-refractivity contribution in [3.05, 3.63) is 52.6 Å². The Labute approximate surface area is 188 Å². The predicted octanol–water partition coefficient (Wildman–Crippen LogP) is 4.00. The summed E-state index contributed by atoms with van der Waals surface area (Å²) in [4.78, 5) is 11.0. The van der Waals surface area contributed by atoms with Crippen LogP contribution in [0.2, 0.25) is 0 Å². The zero-order valence-corrected chi connectivity index (χ0v) is 18.8. The monoisotopic (exact) mass is 435 g/mol. The molecule has 5 nitrogen and oxygen atoms in total. The van der Waals surface area contributed by atoms with Gasteiger partial charge in [0.2, 0.25) is 0 Å². The van der Waals surface area contributed by atoms with E-state index in [0.29, 0.717) is 11.8 Å². The Kier molecular flexibility index (Phi) is 7.52. The van der Waals surface area contributed by atoms with Gasteiger partial charge in [0.05, 0.1) is 19.2 Å². The van der Waals surface area contributed by atoms with Gasteiger partial charge in [-0.2, -0.15) is 0 Å². The topological polar surface area (TPSA) is 58.5 Å². The van der Waals surface area contributed by atoms with Gasteiger partial charge in [-0.05, 0) is 79.8 Å². The van der Waals surface area contributed by atoms with Crippen LogP contribution in [0.25, 0.3) is 10.9 Å². The van der Waals surface area contributed by atoms with Crippen LogP contribution >= 0.6 is 11.3 Å². The molecule has 3 aromatic rings. The minimum atomic E-state index is 0.246. The van der Waals surface area contributed by atoms with Crippen molar-refractivity contribution in [3.8, 4) is 17.6 Å². The van der Waals surface area contributed by atoms with Crippen molar-refractivity contribution in [2.75, 3.05) is 33.4 Å². The smallest absolute Gasteiger partial charge is 0.166 e. The molecule has 162 valence electrons. The minimum Gasteiger partial charge on any atom is -0.497 e. The average Bonchev–Trinajstić information content (AvgIpc) is 3.33. The lowest BCUT2D eigenvalue weighted by molar-refractivity contribution is 0.0748. The van der Waals surface area contributed by atoms with Crippen molar-refractivity contribution in [3.63, 3.8) is 0 Å². The number of hydrogen-bond donors (Lipinski definition) is 1. The molecule has 0 aliphatic carbocycles. The summed E-state index contributed by atoms with van der Waals surface area (Å²) in [5, 5.41) is 14.0. The molecule has 0 radical (unpaired) electrons. The number of ether oxygens (including phenoxy) is 1. The standard InChI is InChI=1S/C25H29N3O2S/c1-30-22-7-8-24-23(16-22)20(9-11-26-24)5-2-4-19-10-14-28(17-21(19)18-29)13-3-6-25-27-12-15-31-25/h7-9,11-12,15-16,19,21,29H,2,4-5,10,13-14,17-18H2,1H3/t19-,21-/m1/s1. The number of aromatic nitrogens is 2. The Morgan fingerprint density at radius 1 is 1.23 bits per heavy atom. The molecule has 1 N–H and O–H groups in total. The zero-order valence-electron chi connectivity index (χ0n) is 18.0. The number of nitrogens with zero attached hydrogens (tertiary/aromatic N) is 3. The number of rotatable bonds is 7. The van der Waals surface area contributed by atoms with Gasteiger partial charge in [0.1, 0.15) is 5.75 Å². The fraction of sp³-hybridized carbons (Fsp3) is 0.440. The molecule has 1 saturated heterocycles. The Bertz CT molecular complexity index is 1040. The Morgan fingerprint density at radius 2 is 2.16 bits per heavy atom. The van der Waals surface area contributed by atoms with Crippen LogP contribution in [0.15, 0.2) is 42.0 Å². The summed E-state index contributed by atoms with van der Waals surface area (Å²) in [6.07, 6.45) is 8.07. The number of fused-ring (bicyclic) bond motifs is 1. The van der Waals surface area contributed by atoms with Crippen LogP contribution in [0.5, 0.6) is 5.75 Å². The summed E-state index contributed by atoms with van der Waals surface area (Å²) < 4.78 is 5.39. The fourth-order valence-corrected chi connectivity index (χ4v) is 4.98. The van der Waals surface area contributed by atoms with Gasteiger partial charge in [-0.1, -0.05) is 5.92 Å². The van der Waals surface area contributed by atoms with Crippen molar-refractivity contribution >= 4 is 22.2 Å². The van der Waals surface area contributed by atoms with E-state index in [2.05, 4.69) is 38.8 Å². The SMILES string of the molecule is COc1ccc2nccc(CCC[C@@H]3CCN(CC#Cc4nccs4)C[C@@H]3CO)c2c1. The third kappa shape index (κ3) is 5.62. The highest BCUT2D eigenvalue weighted by molar-refractivity contribution is 7.10. The summed E-state index contributed by atoms with van der Waals surface area (Å²) in [6, 6.07) is 8.18. The maximum atomic E-state index is 9.98. The van der Waals surface area contributed by atoms with Gasteiger partial charge >= 0.3 is 0 Å². The highest BCUT2D eigenvalue weighted by atomic mass is 32.1. The molecule has 6 heteroatoms.